The van der Waals surface area contributed by atoms with Crippen molar-refractivity contribution in [1.29, 1.82) is 0 Å². The summed E-state index contributed by atoms with van der Waals surface area (Å²) in [5, 5.41) is 11.3. The van der Waals surface area contributed by atoms with E-state index in [-0.39, 0.29) is 0 Å². The maximum absolute atomic E-state index is 6.31. The Morgan fingerprint density at radius 3 is 2.61 bits per heavy atom. The highest BCUT2D eigenvalue weighted by Gasteiger charge is 2.21. The second-order valence-corrected chi connectivity index (χ2v) is 7.42. The quantitative estimate of drug-likeness (QED) is 0.681. The van der Waals surface area contributed by atoms with Gasteiger partial charge in [-0.1, -0.05) is 17.7 Å². The first kappa shape index (κ1) is 18.5. The molecule has 146 valence electrons. The minimum absolute atomic E-state index is 0.306. The number of halogens is 1. The standard InChI is InChI=1S/C19H23ClN8/c1-13-3-4-17(21-9-13)28-7-5-14(6-8-28)24-18-16(20)11-22-19(26-18)25-15-10-23-27(2)12-15/h3-4,9-12,14H,5-8H2,1-2H3,(H2,22,24,25,26). The van der Waals surface area contributed by atoms with E-state index in [2.05, 4.69) is 54.6 Å². The minimum Gasteiger partial charge on any atom is -0.366 e. The van der Waals surface area contributed by atoms with Crippen molar-refractivity contribution in [3.05, 3.63) is 47.5 Å². The Labute approximate surface area is 169 Å². The third-order valence-electron chi connectivity index (χ3n) is 4.76. The van der Waals surface area contributed by atoms with Gasteiger partial charge in [0.25, 0.3) is 0 Å². The molecule has 1 fully saturated rings. The van der Waals surface area contributed by atoms with Gasteiger partial charge in [-0.05, 0) is 31.4 Å². The van der Waals surface area contributed by atoms with Crippen molar-refractivity contribution in [1.82, 2.24) is 24.7 Å². The molecule has 0 spiro atoms. The Balaban J connectivity index is 1.38. The first-order valence-electron chi connectivity index (χ1n) is 9.29. The molecule has 1 aliphatic rings. The molecule has 8 nitrogen and oxygen atoms in total. The lowest BCUT2D eigenvalue weighted by molar-refractivity contribution is 0.522. The predicted octanol–water partition coefficient (Wildman–Crippen LogP) is 3.39. The highest BCUT2D eigenvalue weighted by Crippen LogP contribution is 2.25. The lowest BCUT2D eigenvalue weighted by atomic mass is 10.0. The number of nitrogens with one attached hydrogen (secondary N) is 2. The van der Waals surface area contributed by atoms with Crippen molar-refractivity contribution in [2.24, 2.45) is 7.05 Å². The Morgan fingerprint density at radius 2 is 1.93 bits per heavy atom. The van der Waals surface area contributed by atoms with Gasteiger partial charge in [-0.2, -0.15) is 10.1 Å². The van der Waals surface area contributed by atoms with Gasteiger partial charge in [-0.3, -0.25) is 4.68 Å². The van der Waals surface area contributed by atoms with Crippen LogP contribution in [0.15, 0.2) is 36.9 Å². The normalized spacial score (nSPS) is 14.9. The molecule has 1 saturated heterocycles. The zero-order valence-corrected chi connectivity index (χ0v) is 16.7. The van der Waals surface area contributed by atoms with Gasteiger partial charge in [-0.15, -0.1) is 0 Å². The summed E-state index contributed by atoms with van der Waals surface area (Å²) in [6, 6.07) is 4.49. The topological polar surface area (TPSA) is 83.8 Å². The summed E-state index contributed by atoms with van der Waals surface area (Å²) < 4.78 is 1.72. The molecule has 4 heterocycles. The van der Waals surface area contributed by atoms with Crippen molar-refractivity contribution in [3.63, 3.8) is 0 Å². The first-order valence-corrected chi connectivity index (χ1v) is 9.67. The van der Waals surface area contributed by atoms with Crippen LogP contribution < -0.4 is 15.5 Å². The van der Waals surface area contributed by atoms with Crippen LogP contribution in [0.5, 0.6) is 0 Å². The van der Waals surface area contributed by atoms with Gasteiger partial charge < -0.3 is 15.5 Å². The van der Waals surface area contributed by atoms with Crippen LogP contribution in [0.3, 0.4) is 0 Å². The molecule has 3 aromatic heterocycles. The fourth-order valence-corrected chi connectivity index (χ4v) is 3.38. The fourth-order valence-electron chi connectivity index (χ4n) is 3.24. The maximum atomic E-state index is 6.31. The number of pyridine rings is 1. The van der Waals surface area contributed by atoms with Crippen LogP contribution in [0, 0.1) is 6.92 Å². The van der Waals surface area contributed by atoms with Crippen molar-refractivity contribution in [2.75, 3.05) is 28.6 Å². The SMILES string of the molecule is Cc1ccc(N2CCC(Nc3nc(Nc4cnn(C)c4)ncc3Cl)CC2)nc1. The summed E-state index contributed by atoms with van der Waals surface area (Å²) in [4.78, 5) is 15.6. The summed E-state index contributed by atoms with van der Waals surface area (Å²) in [5.74, 6) is 2.17. The second-order valence-electron chi connectivity index (χ2n) is 7.02. The highest BCUT2D eigenvalue weighted by molar-refractivity contribution is 6.32. The highest BCUT2D eigenvalue weighted by atomic mass is 35.5. The van der Waals surface area contributed by atoms with Gasteiger partial charge >= 0.3 is 0 Å². The van der Waals surface area contributed by atoms with E-state index in [1.807, 2.05) is 19.4 Å². The molecule has 1 aliphatic heterocycles. The van der Waals surface area contributed by atoms with Crippen LogP contribution in [0.25, 0.3) is 0 Å². The number of piperidine rings is 1. The predicted molar refractivity (Wildman–Crippen MR) is 111 cm³/mol. The zero-order valence-electron chi connectivity index (χ0n) is 15.9. The monoisotopic (exact) mass is 398 g/mol. The molecule has 2 N–H and O–H groups in total. The van der Waals surface area contributed by atoms with E-state index >= 15 is 0 Å². The number of hydrogen-bond donors (Lipinski definition) is 2. The number of aryl methyl sites for hydroxylation is 2. The van der Waals surface area contributed by atoms with Crippen LogP contribution in [0.2, 0.25) is 5.02 Å². The number of nitrogens with zero attached hydrogens (tertiary/aromatic N) is 6. The van der Waals surface area contributed by atoms with Crippen molar-refractivity contribution in [3.8, 4) is 0 Å². The fraction of sp³-hybridized carbons (Fsp3) is 0.368. The van der Waals surface area contributed by atoms with Gasteiger partial charge in [0.15, 0.2) is 5.82 Å². The van der Waals surface area contributed by atoms with Crippen LogP contribution in [-0.2, 0) is 7.05 Å². The van der Waals surface area contributed by atoms with Crippen LogP contribution >= 0.6 is 11.6 Å². The summed E-state index contributed by atoms with van der Waals surface area (Å²) in [7, 11) is 1.86. The largest absolute Gasteiger partial charge is 0.366 e. The van der Waals surface area contributed by atoms with E-state index in [0.29, 0.717) is 22.8 Å². The Bertz CT molecular complexity index is 931. The van der Waals surface area contributed by atoms with E-state index in [1.54, 1.807) is 17.1 Å². The van der Waals surface area contributed by atoms with E-state index in [1.165, 1.54) is 5.56 Å². The Morgan fingerprint density at radius 1 is 1.11 bits per heavy atom. The molecule has 28 heavy (non-hydrogen) atoms. The van der Waals surface area contributed by atoms with Gasteiger partial charge in [0, 0.05) is 38.6 Å². The second kappa shape index (κ2) is 8.02. The van der Waals surface area contributed by atoms with Crippen LogP contribution in [-0.4, -0.2) is 43.9 Å². The molecule has 0 unspecified atom stereocenters. The Hall–Kier alpha value is -2.87. The van der Waals surface area contributed by atoms with Gasteiger partial charge in [-0.25, -0.2) is 9.97 Å². The van der Waals surface area contributed by atoms with E-state index in [4.69, 9.17) is 11.6 Å². The summed E-state index contributed by atoms with van der Waals surface area (Å²) in [6.07, 6.45) is 9.08. The maximum Gasteiger partial charge on any atom is 0.229 e. The lowest BCUT2D eigenvalue weighted by Gasteiger charge is -2.33. The van der Waals surface area contributed by atoms with E-state index in [0.717, 1.165) is 37.4 Å². The summed E-state index contributed by atoms with van der Waals surface area (Å²) >= 11 is 6.31. The summed E-state index contributed by atoms with van der Waals surface area (Å²) in [6.45, 7) is 3.93. The molecule has 0 amide bonds. The molecule has 0 radical (unpaired) electrons. The number of aromatic nitrogens is 5. The lowest BCUT2D eigenvalue weighted by Crippen LogP contribution is -2.39. The van der Waals surface area contributed by atoms with Gasteiger partial charge in [0.1, 0.15) is 10.8 Å². The number of rotatable bonds is 5. The van der Waals surface area contributed by atoms with Gasteiger partial charge in [0.05, 0.1) is 18.1 Å². The zero-order chi connectivity index (χ0) is 19.5. The molecule has 4 rings (SSSR count). The average Bonchev–Trinajstić information content (AvgIpc) is 3.10. The van der Waals surface area contributed by atoms with Crippen LogP contribution in [0.1, 0.15) is 18.4 Å². The van der Waals surface area contributed by atoms with Crippen molar-refractivity contribution >= 4 is 34.9 Å². The summed E-state index contributed by atoms with van der Waals surface area (Å²) in [5.41, 5.74) is 2.00. The smallest absolute Gasteiger partial charge is 0.229 e. The van der Waals surface area contributed by atoms with E-state index < -0.39 is 0 Å². The molecule has 0 atom stereocenters. The van der Waals surface area contributed by atoms with Crippen molar-refractivity contribution < 1.29 is 0 Å². The van der Waals surface area contributed by atoms with Gasteiger partial charge in [0.2, 0.25) is 5.95 Å². The number of anilines is 4. The van der Waals surface area contributed by atoms with E-state index in [9.17, 15) is 0 Å². The molecule has 0 aromatic carbocycles. The average molecular weight is 399 g/mol. The minimum atomic E-state index is 0.306. The number of hydrogen-bond acceptors (Lipinski definition) is 7. The van der Waals surface area contributed by atoms with Crippen molar-refractivity contribution in [2.45, 2.75) is 25.8 Å². The third kappa shape index (κ3) is 4.33. The molecule has 0 bridgehead atoms. The third-order valence-corrected chi connectivity index (χ3v) is 5.04. The van der Waals surface area contributed by atoms with Crippen LogP contribution in [0.4, 0.5) is 23.3 Å². The molecule has 9 heteroatoms. The Kier molecular flexibility index (Phi) is 5.29. The molecule has 0 aliphatic carbocycles. The molecular weight excluding hydrogens is 376 g/mol. The molecule has 0 saturated carbocycles. The molecule has 3 aromatic rings. The first-order chi connectivity index (χ1) is 13.6. The molecular formula is C19H23ClN8.